The number of thiophene rings is 1. The van der Waals surface area contributed by atoms with Gasteiger partial charge < -0.3 is 10.5 Å². The van der Waals surface area contributed by atoms with Crippen LogP contribution in [0.25, 0.3) is 0 Å². The monoisotopic (exact) mass is 331 g/mol. The van der Waals surface area contributed by atoms with Gasteiger partial charge in [0.05, 0.1) is 9.39 Å². The van der Waals surface area contributed by atoms with E-state index in [1.54, 1.807) is 11.3 Å². The molecule has 1 heterocycles. The highest BCUT2D eigenvalue weighted by molar-refractivity contribution is 9.11. The number of methoxy groups -OCH3 is 1. The molecule has 0 bridgehead atoms. The van der Waals surface area contributed by atoms with E-state index in [1.165, 1.54) is 34.3 Å². The maximum Gasteiger partial charge on any atom is 0.0832 e. The fourth-order valence-electron chi connectivity index (χ4n) is 2.92. The molecular formula is C14H22BrNOS. The molecule has 1 aromatic heterocycles. The van der Waals surface area contributed by atoms with Crippen LogP contribution in [0.5, 0.6) is 0 Å². The molecule has 18 heavy (non-hydrogen) atoms. The molecule has 0 spiro atoms. The summed E-state index contributed by atoms with van der Waals surface area (Å²) < 4.78 is 7.05. The third kappa shape index (κ3) is 3.35. The minimum atomic E-state index is -0.104. The zero-order valence-electron chi connectivity index (χ0n) is 11.0. The molecule has 1 fully saturated rings. The zero-order valence-corrected chi connectivity index (χ0v) is 13.4. The van der Waals surface area contributed by atoms with E-state index in [1.807, 2.05) is 7.11 Å². The highest BCUT2D eigenvalue weighted by Gasteiger charge is 2.37. The average molecular weight is 332 g/mol. The Bertz CT molecular complexity index is 372. The van der Waals surface area contributed by atoms with Gasteiger partial charge in [-0.25, -0.2) is 0 Å². The van der Waals surface area contributed by atoms with Crippen LogP contribution in [0.1, 0.15) is 43.4 Å². The maximum atomic E-state index is 6.47. The van der Waals surface area contributed by atoms with Crippen LogP contribution in [0.15, 0.2) is 15.9 Å². The summed E-state index contributed by atoms with van der Waals surface area (Å²) in [4.78, 5) is 1.34. The Morgan fingerprint density at radius 2 is 2.00 bits per heavy atom. The van der Waals surface area contributed by atoms with Crippen LogP contribution >= 0.6 is 27.3 Å². The molecule has 0 aliphatic heterocycles. The van der Waals surface area contributed by atoms with Gasteiger partial charge in [0.2, 0.25) is 0 Å². The first-order valence-corrected chi connectivity index (χ1v) is 8.32. The normalized spacial score (nSPS) is 21.5. The van der Waals surface area contributed by atoms with Crippen molar-refractivity contribution in [1.29, 1.82) is 0 Å². The van der Waals surface area contributed by atoms with Gasteiger partial charge in [0, 0.05) is 18.0 Å². The van der Waals surface area contributed by atoms with Crippen LogP contribution in [0.2, 0.25) is 0 Å². The van der Waals surface area contributed by atoms with Gasteiger partial charge in [0.1, 0.15) is 0 Å². The highest BCUT2D eigenvalue weighted by atomic mass is 79.9. The third-order valence-corrected chi connectivity index (χ3v) is 5.73. The van der Waals surface area contributed by atoms with Crippen LogP contribution in [0, 0.1) is 0 Å². The second-order valence-corrected chi connectivity index (χ2v) is 7.75. The van der Waals surface area contributed by atoms with Gasteiger partial charge in [-0.15, -0.1) is 11.3 Å². The van der Waals surface area contributed by atoms with E-state index in [9.17, 15) is 0 Å². The lowest BCUT2D eigenvalue weighted by atomic mass is 9.84. The Hall–Kier alpha value is 0.1000. The van der Waals surface area contributed by atoms with E-state index >= 15 is 0 Å². The van der Waals surface area contributed by atoms with Crippen LogP contribution in [0.4, 0.5) is 0 Å². The molecule has 0 amide bonds. The summed E-state index contributed by atoms with van der Waals surface area (Å²) in [6, 6.07) is 4.36. The molecule has 2 rings (SSSR count). The molecule has 4 heteroatoms. The number of halogens is 1. The second kappa shape index (κ2) is 6.51. The number of ether oxygens (including phenoxy) is 1. The van der Waals surface area contributed by atoms with Crippen molar-refractivity contribution in [2.75, 3.05) is 7.11 Å². The van der Waals surface area contributed by atoms with Crippen molar-refractivity contribution < 1.29 is 4.74 Å². The van der Waals surface area contributed by atoms with Crippen LogP contribution in [-0.2, 0) is 11.2 Å². The molecule has 1 aliphatic carbocycles. The predicted octanol–water partition coefficient (Wildman–Crippen LogP) is 4.12. The summed E-state index contributed by atoms with van der Waals surface area (Å²) >= 11 is 5.28. The van der Waals surface area contributed by atoms with Gasteiger partial charge in [-0.2, -0.15) is 0 Å². The third-order valence-electron chi connectivity index (χ3n) is 4.08. The molecular weight excluding hydrogens is 310 g/mol. The Kier molecular flexibility index (Phi) is 5.24. The molecule has 2 nitrogen and oxygen atoms in total. The highest BCUT2D eigenvalue weighted by Crippen LogP contribution is 2.34. The molecule has 1 atom stereocenters. The maximum absolute atomic E-state index is 6.47. The Labute approximate surface area is 122 Å². The van der Waals surface area contributed by atoms with Gasteiger partial charge in [-0.1, -0.05) is 25.7 Å². The standard InChI is InChI=1S/C14H22BrNOS/c1-17-14(8-4-2-3-5-9-14)12(16)10-11-6-7-13(15)18-11/h6-7,12H,2-5,8-10,16H2,1H3. The fourth-order valence-corrected chi connectivity index (χ4v) is 4.46. The van der Waals surface area contributed by atoms with Gasteiger partial charge >= 0.3 is 0 Å². The Morgan fingerprint density at radius 1 is 1.33 bits per heavy atom. The number of hydrogen-bond donors (Lipinski definition) is 1. The largest absolute Gasteiger partial charge is 0.377 e. The predicted molar refractivity (Wildman–Crippen MR) is 81.1 cm³/mol. The smallest absolute Gasteiger partial charge is 0.0832 e. The van der Waals surface area contributed by atoms with Crippen molar-refractivity contribution in [2.24, 2.45) is 5.73 Å². The zero-order chi connectivity index (χ0) is 13.0. The van der Waals surface area contributed by atoms with Crippen molar-refractivity contribution in [1.82, 2.24) is 0 Å². The molecule has 1 aliphatic rings. The van der Waals surface area contributed by atoms with Crippen molar-refractivity contribution >= 4 is 27.3 Å². The molecule has 0 radical (unpaired) electrons. The van der Waals surface area contributed by atoms with Gasteiger partial charge in [0.15, 0.2) is 0 Å². The van der Waals surface area contributed by atoms with Crippen molar-refractivity contribution in [3.63, 3.8) is 0 Å². The molecule has 102 valence electrons. The fraction of sp³-hybridized carbons (Fsp3) is 0.714. The first kappa shape index (κ1) is 14.5. The quantitative estimate of drug-likeness (QED) is 0.842. The first-order chi connectivity index (χ1) is 8.66. The Balaban J connectivity index is 2.06. The summed E-state index contributed by atoms with van der Waals surface area (Å²) in [6.07, 6.45) is 8.27. The minimum absolute atomic E-state index is 0.103. The topological polar surface area (TPSA) is 35.2 Å². The van der Waals surface area contributed by atoms with Crippen LogP contribution in [-0.4, -0.2) is 18.8 Å². The number of hydrogen-bond acceptors (Lipinski definition) is 3. The number of rotatable bonds is 4. The average Bonchev–Trinajstić information content (AvgIpc) is 2.65. The summed E-state index contributed by atoms with van der Waals surface area (Å²) in [5, 5.41) is 0. The van der Waals surface area contributed by atoms with Crippen molar-refractivity contribution in [3.8, 4) is 0 Å². The van der Waals surface area contributed by atoms with Gasteiger partial charge in [-0.3, -0.25) is 0 Å². The minimum Gasteiger partial charge on any atom is -0.377 e. The number of nitrogens with two attached hydrogens (primary N) is 1. The van der Waals surface area contributed by atoms with Crippen molar-refractivity contribution in [3.05, 3.63) is 20.8 Å². The molecule has 1 aromatic rings. The summed E-state index contributed by atoms with van der Waals surface area (Å²) in [5.74, 6) is 0. The van der Waals surface area contributed by atoms with E-state index < -0.39 is 0 Å². The Morgan fingerprint density at radius 3 is 2.50 bits per heavy atom. The molecule has 1 unspecified atom stereocenters. The molecule has 0 aromatic carbocycles. The molecule has 2 N–H and O–H groups in total. The molecule has 1 saturated carbocycles. The van der Waals surface area contributed by atoms with E-state index in [2.05, 4.69) is 28.1 Å². The van der Waals surface area contributed by atoms with Crippen LogP contribution < -0.4 is 5.73 Å². The van der Waals surface area contributed by atoms with Gasteiger partial charge in [0.25, 0.3) is 0 Å². The van der Waals surface area contributed by atoms with E-state index in [0.29, 0.717) is 0 Å². The van der Waals surface area contributed by atoms with Gasteiger partial charge in [-0.05, 0) is 47.3 Å². The van der Waals surface area contributed by atoms with Crippen LogP contribution in [0.3, 0.4) is 0 Å². The van der Waals surface area contributed by atoms with E-state index in [4.69, 9.17) is 10.5 Å². The summed E-state index contributed by atoms with van der Waals surface area (Å²) in [5.41, 5.74) is 6.37. The SMILES string of the molecule is COC1(C(N)Cc2ccc(Br)s2)CCCCCC1. The lowest BCUT2D eigenvalue weighted by Crippen LogP contribution is -2.50. The first-order valence-electron chi connectivity index (χ1n) is 6.71. The van der Waals surface area contributed by atoms with Crippen molar-refractivity contribution in [2.45, 2.75) is 56.6 Å². The lowest BCUT2D eigenvalue weighted by Gasteiger charge is -2.37. The molecule has 0 saturated heterocycles. The lowest BCUT2D eigenvalue weighted by molar-refractivity contribution is -0.0428. The summed E-state index contributed by atoms with van der Waals surface area (Å²) in [6.45, 7) is 0. The summed E-state index contributed by atoms with van der Waals surface area (Å²) in [7, 11) is 1.83. The van der Waals surface area contributed by atoms with E-state index in [-0.39, 0.29) is 11.6 Å². The second-order valence-electron chi connectivity index (χ2n) is 5.20. The van der Waals surface area contributed by atoms with E-state index in [0.717, 1.165) is 19.3 Å².